The van der Waals surface area contributed by atoms with Gasteiger partial charge in [-0.3, -0.25) is 14.4 Å². The monoisotopic (exact) mass is 366 g/mol. The molecule has 2 heterocycles. The molecule has 2 saturated heterocycles. The molecule has 6 atom stereocenters. The van der Waals surface area contributed by atoms with E-state index in [0.29, 0.717) is 0 Å². The van der Waals surface area contributed by atoms with Crippen molar-refractivity contribution in [3.63, 3.8) is 0 Å². The summed E-state index contributed by atoms with van der Waals surface area (Å²) in [4.78, 5) is 33.8. The highest BCUT2D eigenvalue weighted by Crippen LogP contribution is 2.39. The standard InChI is InChI=1S/C12H15BrO8/c1-4(14)17-7-8(18-5(2)15)10(19-6(3)16)12-20-9(7)11(13)21-12/h7-12H,1-3H3/t7-,8-,9-,10-,11+,12+/m0/s1. The molecule has 2 fully saturated rings. The third kappa shape index (κ3) is 3.53. The summed E-state index contributed by atoms with van der Waals surface area (Å²) < 4.78 is 26.5. The van der Waals surface area contributed by atoms with Crippen molar-refractivity contribution in [2.75, 3.05) is 0 Å². The van der Waals surface area contributed by atoms with Crippen LogP contribution < -0.4 is 0 Å². The minimum absolute atomic E-state index is 0.577. The van der Waals surface area contributed by atoms with Crippen LogP contribution in [0.4, 0.5) is 0 Å². The fourth-order valence-corrected chi connectivity index (χ4v) is 2.97. The first kappa shape index (κ1) is 16.2. The van der Waals surface area contributed by atoms with Gasteiger partial charge in [-0.2, -0.15) is 0 Å². The van der Waals surface area contributed by atoms with Gasteiger partial charge >= 0.3 is 17.9 Å². The Morgan fingerprint density at radius 2 is 1.29 bits per heavy atom. The fraction of sp³-hybridized carbons (Fsp3) is 0.750. The SMILES string of the molecule is CC(=O)O[C@H]1[C@H](OC(C)=O)[C@@H]2O[C@H](O[C@H]2Br)[C@H]1OC(C)=O. The Balaban J connectivity index is 2.30. The number of fused-ring (bicyclic) bond motifs is 2. The molecule has 8 nitrogen and oxygen atoms in total. The molecule has 118 valence electrons. The highest BCUT2D eigenvalue weighted by Gasteiger charge is 2.59. The summed E-state index contributed by atoms with van der Waals surface area (Å²) in [5.41, 5.74) is 0. The predicted octanol–water partition coefficient (Wildman–Crippen LogP) is 0.258. The minimum Gasteiger partial charge on any atom is -0.455 e. The average molecular weight is 367 g/mol. The fourth-order valence-electron chi connectivity index (χ4n) is 2.33. The average Bonchev–Trinajstić information content (AvgIpc) is 2.67. The summed E-state index contributed by atoms with van der Waals surface area (Å²) in [5, 5.41) is -0.578. The van der Waals surface area contributed by atoms with Gasteiger partial charge in [0.25, 0.3) is 0 Å². The van der Waals surface area contributed by atoms with E-state index < -0.39 is 53.6 Å². The van der Waals surface area contributed by atoms with Crippen LogP contribution in [0.15, 0.2) is 0 Å². The van der Waals surface area contributed by atoms with Gasteiger partial charge in [-0.25, -0.2) is 0 Å². The van der Waals surface area contributed by atoms with Crippen molar-refractivity contribution in [3.8, 4) is 0 Å². The third-order valence-electron chi connectivity index (χ3n) is 2.96. The lowest BCUT2D eigenvalue weighted by Crippen LogP contribution is -2.58. The van der Waals surface area contributed by atoms with E-state index in [1.807, 2.05) is 0 Å². The lowest BCUT2D eigenvalue weighted by atomic mass is 10.00. The number of alkyl halides is 1. The molecule has 0 N–H and O–H groups in total. The molecule has 0 aromatic carbocycles. The number of ether oxygens (including phenoxy) is 5. The molecule has 2 rings (SSSR count). The summed E-state index contributed by atoms with van der Waals surface area (Å²) >= 11 is 3.24. The maximum Gasteiger partial charge on any atom is 0.303 e. The van der Waals surface area contributed by atoms with Crippen molar-refractivity contribution in [2.24, 2.45) is 0 Å². The number of hydrogen-bond acceptors (Lipinski definition) is 8. The molecule has 0 aromatic heterocycles. The zero-order valence-corrected chi connectivity index (χ0v) is 13.2. The van der Waals surface area contributed by atoms with Crippen molar-refractivity contribution < 1.29 is 38.1 Å². The molecule has 0 unspecified atom stereocenters. The van der Waals surface area contributed by atoms with E-state index in [1.165, 1.54) is 20.8 Å². The number of carbonyl (C=O) groups is 3. The largest absolute Gasteiger partial charge is 0.455 e. The lowest BCUT2D eigenvalue weighted by molar-refractivity contribution is -0.250. The van der Waals surface area contributed by atoms with Gasteiger partial charge in [-0.05, 0) is 0 Å². The van der Waals surface area contributed by atoms with Crippen molar-refractivity contribution in [2.45, 2.75) is 56.5 Å². The molecule has 0 saturated carbocycles. The van der Waals surface area contributed by atoms with Crippen LogP contribution in [-0.4, -0.2) is 53.6 Å². The molecule has 0 radical (unpaired) electrons. The van der Waals surface area contributed by atoms with E-state index >= 15 is 0 Å². The summed E-state index contributed by atoms with van der Waals surface area (Å²) in [6.07, 6.45) is -4.54. The quantitative estimate of drug-likeness (QED) is 0.398. The minimum atomic E-state index is -1.02. The normalized spacial score (nSPS) is 37.7. The van der Waals surface area contributed by atoms with Crippen LogP contribution in [0.25, 0.3) is 0 Å². The smallest absolute Gasteiger partial charge is 0.303 e. The second-order valence-electron chi connectivity index (χ2n) is 4.68. The molecule has 2 bridgehead atoms. The summed E-state index contributed by atoms with van der Waals surface area (Å²) in [6, 6.07) is 0. The van der Waals surface area contributed by atoms with E-state index in [1.54, 1.807) is 0 Å². The maximum absolute atomic E-state index is 11.3. The van der Waals surface area contributed by atoms with Crippen molar-refractivity contribution in [3.05, 3.63) is 0 Å². The number of halogens is 1. The Morgan fingerprint density at radius 1 is 0.810 bits per heavy atom. The zero-order chi connectivity index (χ0) is 15.7. The Morgan fingerprint density at radius 3 is 1.81 bits per heavy atom. The predicted molar refractivity (Wildman–Crippen MR) is 69.1 cm³/mol. The van der Waals surface area contributed by atoms with E-state index in [9.17, 15) is 14.4 Å². The van der Waals surface area contributed by atoms with E-state index in [2.05, 4.69) is 15.9 Å². The Labute approximate surface area is 129 Å². The highest BCUT2D eigenvalue weighted by molar-refractivity contribution is 9.09. The van der Waals surface area contributed by atoms with Gasteiger partial charge in [0.1, 0.15) is 11.1 Å². The van der Waals surface area contributed by atoms with Crippen LogP contribution in [0.3, 0.4) is 0 Å². The molecule has 21 heavy (non-hydrogen) atoms. The highest BCUT2D eigenvalue weighted by atomic mass is 79.9. The van der Waals surface area contributed by atoms with Crippen molar-refractivity contribution in [1.29, 1.82) is 0 Å². The van der Waals surface area contributed by atoms with Crippen LogP contribution in [0.2, 0.25) is 0 Å². The van der Waals surface area contributed by atoms with Gasteiger partial charge < -0.3 is 23.7 Å². The van der Waals surface area contributed by atoms with E-state index in [0.717, 1.165) is 0 Å². The summed E-state index contributed by atoms with van der Waals surface area (Å²) in [6.45, 7) is 3.63. The second-order valence-corrected chi connectivity index (χ2v) is 5.58. The topological polar surface area (TPSA) is 97.4 Å². The molecular formula is C12H15BrO8. The molecule has 0 aliphatic carbocycles. The maximum atomic E-state index is 11.3. The van der Waals surface area contributed by atoms with Gasteiger partial charge in [0, 0.05) is 20.8 Å². The second kappa shape index (κ2) is 6.29. The van der Waals surface area contributed by atoms with E-state index in [4.69, 9.17) is 23.7 Å². The molecular weight excluding hydrogens is 352 g/mol. The lowest BCUT2D eigenvalue weighted by Gasteiger charge is -2.38. The van der Waals surface area contributed by atoms with Crippen LogP contribution >= 0.6 is 15.9 Å². The van der Waals surface area contributed by atoms with Gasteiger partial charge in [0.15, 0.2) is 18.3 Å². The van der Waals surface area contributed by atoms with Crippen molar-refractivity contribution in [1.82, 2.24) is 0 Å². The van der Waals surface area contributed by atoms with Gasteiger partial charge in [0.05, 0.1) is 0 Å². The molecule has 0 spiro atoms. The molecule has 0 amide bonds. The van der Waals surface area contributed by atoms with Gasteiger partial charge in [-0.15, -0.1) is 0 Å². The number of carbonyl (C=O) groups excluding carboxylic acids is 3. The number of esters is 3. The number of rotatable bonds is 3. The zero-order valence-electron chi connectivity index (χ0n) is 11.6. The summed E-state index contributed by atoms with van der Waals surface area (Å²) in [7, 11) is 0. The molecule has 9 heteroatoms. The number of hydrogen-bond donors (Lipinski definition) is 0. The van der Waals surface area contributed by atoms with Gasteiger partial charge in [0.2, 0.25) is 6.29 Å². The Hall–Kier alpha value is -1.19. The molecule has 0 aromatic rings. The molecule has 2 aliphatic heterocycles. The third-order valence-corrected chi connectivity index (χ3v) is 3.70. The first-order valence-corrected chi connectivity index (χ1v) is 7.18. The summed E-state index contributed by atoms with van der Waals surface area (Å²) in [5.74, 6) is -1.77. The van der Waals surface area contributed by atoms with E-state index in [-0.39, 0.29) is 0 Å². The first-order chi connectivity index (χ1) is 9.79. The Kier molecular flexibility index (Phi) is 4.84. The first-order valence-electron chi connectivity index (χ1n) is 6.26. The van der Waals surface area contributed by atoms with Crippen molar-refractivity contribution >= 4 is 33.8 Å². The van der Waals surface area contributed by atoms with Gasteiger partial charge in [-0.1, -0.05) is 15.9 Å². The van der Waals surface area contributed by atoms with Crippen LogP contribution in [-0.2, 0) is 38.1 Å². The molecule has 2 aliphatic rings. The van der Waals surface area contributed by atoms with Crippen LogP contribution in [0.1, 0.15) is 20.8 Å². The van der Waals surface area contributed by atoms with Crippen LogP contribution in [0.5, 0.6) is 0 Å². The Bertz CT molecular complexity index is 453. The van der Waals surface area contributed by atoms with Crippen LogP contribution in [0, 0.1) is 0 Å².